The Balaban J connectivity index is 2.55. The zero-order valence-corrected chi connectivity index (χ0v) is 14.3. The molecular weight excluding hydrogens is 310 g/mol. The Kier molecular flexibility index (Phi) is 7.91. The van der Waals surface area contributed by atoms with Gasteiger partial charge >= 0.3 is 5.97 Å². The van der Waals surface area contributed by atoms with Crippen molar-refractivity contribution in [3.8, 4) is 0 Å². The van der Waals surface area contributed by atoms with Gasteiger partial charge in [-0.05, 0) is 51.5 Å². The number of anilines is 1. The summed E-state index contributed by atoms with van der Waals surface area (Å²) in [5.74, 6) is -0.991. The van der Waals surface area contributed by atoms with Gasteiger partial charge in [0.25, 0.3) is 5.91 Å². The topological polar surface area (TPSA) is 111 Å². The minimum atomic E-state index is -0.727. The van der Waals surface area contributed by atoms with Crippen molar-refractivity contribution < 1.29 is 19.1 Å². The molecular formula is C17H25N3O4. The van der Waals surface area contributed by atoms with E-state index in [1.54, 1.807) is 38.1 Å². The highest BCUT2D eigenvalue weighted by molar-refractivity contribution is 5.97. The lowest BCUT2D eigenvalue weighted by atomic mass is 10.1. The van der Waals surface area contributed by atoms with Gasteiger partial charge in [0.15, 0.2) is 0 Å². The van der Waals surface area contributed by atoms with Crippen molar-refractivity contribution in [1.82, 2.24) is 5.32 Å². The van der Waals surface area contributed by atoms with Crippen molar-refractivity contribution in [2.75, 3.05) is 11.9 Å². The Morgan fingerprint density at radius 1 is 1.17 bits per heavy atom. The highest BCUT2D eigenvalue weighted by Crippen LogP contribution is 2.11. The van der Waals surface area contributed by atoms with Crippen LogP contribution in [0.1, 0.15) is 44.0 Å². The van der Waals surface area contributed by atoms with Gasteiger partial charge in [0.2, 0.25) is 5.91 Å². The largest absolute Gasteiger partial charge is 0.464 e. The van der Waals surface area contributed by atoms with Crippen LogP contribution in [0.2, 0.25) is 0 Å². The van der Waals surface area contributed by atoms with Crippen molar-refractivity contribution >= 4 is 23.5 Å². The van der Waals surface area contributed by atoms with Crippen LogP contribution in [0.4, 0.5) is 5.69 Å². The second-order valence-corrected chi connectivity index (χ2v) is 5.59. The van der Waals surface area contributed by atoms with E-state index in [4.69, 9.17) is 10.5 Å². The first-order valence-electron chi connectivity index (χ1n) is 7.96. The Hall–Kier alpha value is -2.41. The van der Waals surface area contributed by atoms with Gasteiger partial charge in [0.1, 0.15) is 6.04 Å². The Morgan fingerprint density at radius 2 is 1.79 bits per heavy atom. The number of nitrogens with two attached hydrogens (primary N) is 1. The summed E-state index contributed by atoms with van der Waals surface area (Å²) in [6.07, 6.45) is 0.953. The average Bonchev–Trinajstić information content (AvgIpc) is 2.53. The number of benzene rings is 1. The first kappa shape index (κ1) is 19.6. The SMILES string of the molecule is CCOC(=O)C(C)NC(=O)c1ccc(NC(=O)CCC(C)N)cc1. The molecule has 1 aromatic rings. The zero-order chi connectivity index (χ0) is 18.1. The molecule has 4 N–H and O–H groups in total. The molecule has 0 aromatic heterocycles. The van der Waals surface area contributed by atoms with Crippen molar-refractivity contribution in [1.29, 1.82) is 0 Å². The molecule has 0 aliphatic carbocycles. The molecule has 0 fully saturated rings. The fraction of sp³-hybridized carbons (Fsp3) is 0.471. The van der Waals surface area contributed by atoms with Gasteiger partial charge in [-0.15, -0.1) is 0 Å². The van der Waals surface area contributed by atoms with Gasteiger partial charge in [-0.1, -0.05) is 0 Å². The number of esters is 1. The molecule has 0 aliphatic rings. The third-order valence-electron chi connectivity index (χ3n) is 3.25. The van der Waals surface area contributed by atoms with Crippen LogP contribution in [0, 0.1) is 0 Å². The molecule has 0 aliphatic heterocycles. The van der Waals surface area contributed by atoms with E-state index < -0.39 is 12.0 Å². The molecule has 0 radical (unpaired) electrons. The zero-order valence-electron chi connectivity index (χ0n) is 14.3. The molecule has 2 atom stereocenters. The monoisotopic (exact) mass is 335 g/mol. The van der Waals surface area contributed by atoms with Gasteiger partial charge in [-0.3, -0.25) is 9.59 Å². The van der Waals surface area contributed by atoms with Crippen LogP contribution in [0.3, 0.4) is 0 Å². The van der Waals surface area contributed by atoms with Crippen LogP contribution < -0.4 is 16.4 Å². The standard InChI is InChI=1S/C17H25N3O4/c1-4-24-17(23)12(3)19-16(22)13-6-8-14(9-7-13)20-15(21)10-5-11(2)18/h6-9,11-12H,4-5,10,18H2,1-3H3,(H,19,22)(H,20,21). The van der Waals surface area contributed by atoms with Crippen LogP contribution in [-0.2, 0) is 14.3 Å². The number of ether oxygens (including phenoxy) is 1. The summed E-state index contributed by atoms with van der Waals surface area (Å²) >= 11 is 0. The van der Waals surface area contributed by atoms with Gasteiger partial charge in [0.05, 0.1) is 6.61 Å². The van der Waals surface area contributed by atoms with Crippen LogP contribution in [0.15, 0.2) is 24.3 Å². The van der Waals surface area contributed by atoms with E-state index in [-0.39, 0.29) is 24.5 Å². The van der Waals surface area contributed by atoms with Crippen LogP contribution >= 0.6 is 0 Å². The summed E-state index contributed by atoms with van der Waals surface area (Å²) in [7, 11) is 0. The second-order valence-electron chi connectivity index (χ2n) is 5.59. The minimum Gasteiger partial charge on any atom is -0.464 e. The summed E-state index contributed by atoms with van der Waals surface area (Å²) in [6.45, 7) is 5.37. The Morgan fingerprint density at radius 3 is 2.33 bits per heavy atom. The third-order valence-corrected chi connectivity index (χ3v) is 3.25. The molecule has 1 rings (SSSR count). The summed E-state index contributed by atoms with van der Waals surface area (Å²) < 4.78 is 4.83. The molecule has 0 saturated carbocycles. The number of nitrogens with one attached hydrogen (secondary N) is 2. The second kappa shape index (κ2) is 9.67. The smallest absolute Gasteiger partial charge is 0.328 e. The number of rotatable bonds is 8. The van der Waals surface area contributed by atoms with Gasteiger partial charge in [-0.2, -0.15) is 0 Å². The first-order chi connectivity index (χ1) is 11.3. The van der Waals surface area contributed by atoms with Gasteiger partial charge < -0.3 is 21.1 Å². The summed E-state index contributed by atoms with van der Waals surface area (Å²) in [5, 5.41) is 5.30. The third kappa shape index (κ3) is 6.78. The highest BCUT2D eigenvalue weighted by Gasteiger charge is 2.17. The predicted molar refractivity (Wildman–Crippen MR) is 91.5 cm³/mol. The van der Waals surface area contributed by atoms with Crippen molar-refractivity contribution in [3.63, 3.8) is 0 Å². The Labute approximate surface area is 141 Å². The molecule has 7 heteroatoms. The number of hydrogen-bond donors (Lipinski definition) is 3. The lowest BCUT2D eigenvalue weighted by Gasteiger charge is -2.13. The van der Waals surface area contributed by atoms with E-state index in [0.717, 1.165) is 0 Å². The molecule has 132 valence electrons. The molecule has 0 heterocycles. The fourth-order valence-electron chi connectivity index (χ4n) is 1.89. The van der Waals surface area contributed by atoms with E-state index in [0.29, 0.717) is 24.1 Å². The van der Waals surface area contributed by atoms with Gasteiger partial charge in [-0.25, -0.2) is 4.79 Å². The maximum atomic E-state index is 12.1. The molecule has 2 unspecified atom stereocenters. The highest BCUT2D eigenvalue weighted by atomic mass is 16.5. The molecule has 0 bridgehead atoms. The summed E-state index contributed by atoms with van der Waals surface area (Å²) in [6, 6.07) is 5.67. The lowest BCUT2D eigenvalue weighted by molar-refractivity contribution is -0.144. The Bertz CT molecular complexity index is 570. The molecule has 7 nitrogen and oxygen atoms in total. The number of carbonyl (C=O) groups excluding carboxylic acids is 3. The van der Waals surface area contributed by atoms with E-state index in [2.05, 4.69) is 10.6 Å². The first-order valence-corrected chi connectivity index (χ1v) is 7.96. The van der Waals surface area contributed by atoms with Gasteiger partial charge in [0, 0.05) is 23.7 Å². The quantitative estimate of drug-likeness (QED) is 0.623. The molecule has 1 aromatic carbocycles. The maximum absolute atomic E-state index is 12.1. The van der Waals surface area contributed by atoms with Crippen molar-refractivity contribution in [3.05, 3.63) is 29.8 Å². The lowest BCUT2D eigenvalue weighted by Crippen LogP contribution is -2.39. The fourth-order valence-corrected chi connectivity index (χ4v) is 1.89. The summed E-state index contributed by atoms with van der Waals surface area (Å²) in [4.78, 5) is 35.3. The number of hydrogen-bond acceptors (Lipinski definition) is 5. The predicted octanol–water partition coefficient (Wildman–Crippen LogP) is 1.43. The molecule has 0 saturated heterocycles. The number of amides is 2. The van der Waals surface area contributed by atoms with Crippen molar-refractivity contribution in [2.45, 2.75) is 45.7 Å². The van der Waals surface area contributed by atoms with Crippen LogP contribution in [0.25, 0.3) is 0 Å². The van der Waals surface area contributed by atoms with E-state index >= 15 is 0 Å². The molecule has 24 heavy (non-hydrogen) atoms. The normalized spacial score (nSPS) is 12.8. The summed E-state index contributed by atoms with van der Waals surface area (Å²) in [5.41, 5.74) is 6.60. The van der Waals surface area contributed by atoms with Crippen molar-refractivity contribution in [2.24, 2.45) is 5.73 Å². The van der Waals surface area contributed by atoms with E-state index in [1.807, 2.05) is 6.92 Å². The average molecular weight is 335 g/mol. The maximum Gasteiger partial charge on any atom is 0.328 e. The number of carbonyl (C=O) groups is 3. The van der Waals surface area contributed by atoms with Crippen LogP contribution in [-0.4, -0.2) is 36.5 Å². The molecule has 2 amide bonds. The van der Waals surface area contributed by atoms with E-state index in [9.17, 15) is 14.4 Å². The van der Waals surface area contributed by atoms with Crippen LogP contribution in [0.5, 0.6) is 0 Å². The van der Waals surface area contributed by atoms with E-state index in [1.165, 1.54) is 0 Å². The minimum absolute atomic E-state index is 0.0248. The molecule has 0 spiro atoms.